The van der Waals surface area contributed by atoms with E-state index in [0.29, 0.717) is 47.3 Å². The van der Waals surface area contributed by atoms with Crippen LogP contribution in [-0.2, 0) is 17.4 Å². The molecule has 1 unspecified atom stereocenters. The molecule has 1 aromatic carbocycles. The normalized spacial score (nSPS) is 12.7. The molecular formula is C29H29F3N4O4S. The average molecular weight is 587 g/mol. The maximum Gasteiger partial charge on any atom is 0.434 e. The van der Waals surface area contributed by atoms with Gasteiger partial charge in [-0.15, -0.1) is 11.3 Å². The van der Waals surface area contributed by atoms with Crippen LogP contribution < -0.4 is 5.43 Å². The third-order valence-electron chi connectivity index (χ3n) is 6.57. The highest BCUT2D eigenvalue weighted by Crippen LogP contribution is 2.38. The number of nitrogens with zero attached hydrogens (tertiary/aromatic N) is 4. The van der Waals surface area contributed by atoms with Crippen LogP contribution in [-0.4, -0.2) is 56.9 Å². The Morgan fingerprint density at radius 2 is 1.90 bits per heavy atom. The summed E-state index contributed by atoms with van der Waals surface area (Å²) in [5, 5.41) is 10.9. The van der Waals surface area contributed by atoms with Crippen molar-refractivity contribution in [3.05, 3.63) is 69.2 Å². The van der Waals surface area contributed by atoms with Gasteiger partial charge in [0, 0.05) is 65.4 Å². The van der Waals surface area contributed by atoms with Gasteiger partial charge in [0.25, 0.3) is 0 Å². The highest BCUT2D eigenvalue weighted by atomic mass is 32.1. The minimum atomic E-state index is -4.63. The quantitative estimate of drug-likeness (QED) is 0.245. The molecule has 0 spiro atoms. The molecule has 1 atom stereocenters. The van der Waals surface area contributed by atoms with Gasteiger partial charge in [0.1, 0.15) is 16.4 Å². The van der Waals surface area contributed by atoms with Gasteiger partial charge in [0.05, 0.1) is 5.52 Å². The molecule has 4 rings (SSSR count). The third kappa shape index (κ3) is 6.54. The van der Waals surface area contributed by atoms with Gasteiger partial charge in [-0.25, -0.2) is 9.78 Å². The number of ketones is 1. The Hall–Kier alpha value is -3.90. The Balaban J connectivity index is 1.93. The molecule has 0 saturated carbocycles. The van der Waals surface area contributed by atoms with Gasteiger partial charge in [0.15, 0.2) is 5.69 Å². The fraction of sp³-hybridized carbons (Fsp3) is 0.345. The Morgan fingerprint density at radius 1 is 1.17 bits per heavy atom. The van der Waals surface area contributed by atoms with Crippen LogP contribution >= 0.6 is 11.3 Å². The Kier molecular flexibility index (Phi) is 8.74. The van der Waals surface area contributed by atoms with Crippen molar-refractivity contribution >= 4 is 34.0 Å². The zero-order chi connectivity index (χ0) is 30.1. The number of alkyl halides is 3. The first kappa shape index (κ1) is 30.1. The van der Waals surface area contributed by atoms with Gasteiger partial charge >= 0.3 is 12.1 Å². The molecule has 3 heterocycles. The topological polar surface area (TPSA) is 105 Å². The number of likely N-dealkylation sites (N-methyl/N-ethyl adjacent to an activating group) is 1. The summed E-state index contributed by atoms with van der Waals surface area (Å²) >= 11 is 0.809. The minimum absolute atomic E-state index is 0.0206. The van der Waals surface area contributed by atoms with Crippen LogP contribution in [0.3, 0.4) is 0 Å². The number of hydrogen-bond donors (Lipinski definition) is 1. The Morgan fingerprint density at radius 3 is 2.51 bits per heavy atom. The lowest BCUT2D eigenvalue weighted by Gasteiger charge is -2.23. The number of halogens is 3. The first-order valence-electron chi connectivity index (χ1n) is 12.9. The zero-order valence-corrected chi connectivity index (χ0v) is 23.8. The first-order chi connectivity index (χ1) is 19.3. The summed E-state index contributed by atoms with van der Waals surface area (Å²) in [5.41, 5.74) is -0.0223. The van der Waals surface area contributed by atoms with E-state index in [9.17, 15) is 32.7 Å². The molecule has 4 aromatic rings. The Labute approximate surface area is 238 Å². The second kappa shape index (κ2) is 11.9. The highest BCUT2D eigenvalue weighted by Gasteiger charge is 2.34. The van der Waals surface area contributed by atoms with Crippen molar-refractivity contribution in [1.82, 2.24) is 19.4 Å². The molecule has 0 bridgehead atoms. The van der Waals surface area contributed by atoms with E-state index in [1.165, 1.54) is 18.5 Å². The lowest BCUT2D eigenvalue weighted by molar-refractivity contribution is -0.140. The van der Waals surface area contributed by atoms with E-state index >= 15 is 0 Å². The monoisotopic (exact) mass is 586 g/mol. The van der Waals surface area contributed by atoms with Crippen molar-refractivity contribution in [2.45, 2.75) is 45.3 Å². The molecule has 3 aromatic heterocycles. The smallest absolute Gasteiger partial charge is 0.434 e. The van der Waals surface area contributed by atoms with Crippen molar-refractivity contribution in [2.24, 2.45) is 0 Å². The third-order valence-corrected chi connectivity index (χ3v) is 7.45. The standard InChI is InChI=1S/C29H29F3N4O4S/c1-5-6-19(37)10-18-11-20(27-34-25(15-41-27)29(30,31)32)22(12-33-18)17-7-8-24-21(9-17)26(38)23(28(39)40)14-36(24)16(2)13-35(3)4/h7-9,11-12,14-16H,5-6,10,13H2,1-4H3,(H,39,40). The number of aromatic carboxylic acids is 1. The van der Waals surface area contributed by atoms with Crippen LogP contribution in [0.4, 0.5) is 13.2 Å². The molecule has 0 fully saturated rings. The van der Waals surface area contributed by atoms with Gasteiger partial charge in [-0.3, -0.25) is 14.6 Å². The largest absolute Gasteiger partial charge is 0.477 e. The van der Waals surface area contributed by atoms with Crippen LogP contribution in [0.1, 0.15) is 54.5 Å². The predicted molar refractivity (Wildman–Crippen MR) is 151 cm³/mol. The number of carbonyl (C=O) groups excluding carboxylic acids is 1. The van der Waals surface area contributed by atoms with Gasteiger partial charge in [-0.05, 0) is 51.2 Å². The van der Waals surface area contributed by atoms with E-state index in [1.807, 2.05) is 32.8 Å². The minimum Gasteiger partial charge on any atom is -0.477 e. The van der Waals surface area contributed by atoms with Gasteiger partial charge in [0.2, 0.25) is 5.43 Å². The van der Waals surface area contributed by atoms with Crippen molar-refractivity contribution in [3.8, 4) is 21.7 Å². The summed E-state index contributed by atoms with van der Waals surface area (Å²) in [4.78, 5) is 47.6. The van der Waals surface area contributed by atoms with Crippen molar-refractivity contribution in [3.63, 3.8) is 0 Å². The van der Waals surface area contributed by atoms with Gasteiger partial charge in [-0.2, -0.15) is 13.2 Å². The van der Waals surface area contributed by atoms with E-state index in [4.69, 9.17) is 0 Å². The molecule has 0 amide bonds. The maximum absolute atomic E-state index is 13.4. The molecule has 0 aliphatic heterocycles. The van der Waals surface area contributed by atoms with E-state index < -0.39 is 28.8 Å². The fourth-order valence-corrected chi connectivity index (χ4v) is 5.61. The molecule has 12 heteroatoms. The van der Waals surface area contributed by atoms with E-state index in [0.717, 1.165) is 16.7 Å². The highest BCUT2D eigenvalue weighted by molar-refractivity contribution is 7.13. The summed E-state index contributed by atoms with van der Waals surface area (Å²) in [6.45, 7) is 4.36. The Bertz CT molecular complexity index is 1680. The van der Waals surface area contributed by atoms with E-state index in [1.54, 1.807) is 22.8 Å². The molecule has 0 saturated heterocycles. The average Bonchev–Trinajstić information content (AvgIpc) is 3.39. The molecule has 216 valence electrons. The van der Waals surface area contributed by atoms with E-state index in [-0.39, 0.29) is 28.6 Å². The number of carbonyl (C=O) groups is 2. The zero-order valence-electron chi connectivity index (χ0n) is 23.0. The first-order valence-corrected chi connectivity index (χ1v) is 13.8. The molecule has 41 heavy (non-hydrogen) atoms. The summed E-state index contributed by atoms with van der Waals surface area (Å²) < 4.78 is 41.9. The fourth-order valence-electron chi connectivity index (χ4n) is 4.76. The van der Waals surface area contributed by atoms with Gasteiger partial charge < -0.3 is 14.6 Å². The number of Topliss-reactive ketones (excluding diaryl/α,β-unsaturated/α-hetero) is 1. The number of carboxylic acids is 1. The maximum atomic E-state index is 13.4. The number of hydrogen-bond acceptors (Lipinski definition) is 7. The summed E-state index contributed by atoms with van der Waals surface area (Å²) in [6.07, 6.45) is -0.814. The number of benzene rings is 1. The SMILES string of the molecule is CCCC(=O)Cc1cc(-c2nc(C(F)(F)F)cs2)c(-c2ccc3c(c2)c(=O)c(C(=O)O)cn3C(C)CN(C)C)cn1. The molecule has 0 radical (unpaired) electrons. The lowest BCUT2D eigenvalue weighted by Crippen LogP contribution is -2.26. The van der Waals surface area contributed by atoms with Crippen LogP contribution in [0.25, 0.3) is 32.6 Å². The number of fused-ring (bicyclic) bond motifs is 1. The second-order valence-electron chi connectivity index (χ2n) is 10.1. The number of carboxylic acid groups (broad SMARTS) is 1. The van der Waals surface area contributed by atoms with Crippen LogP contribution in [0, 0.1) is 0 Å². The summed E-state index contributed by atoms with van der Waals surface area (Å²) in [5.74, 6) is -1.41. The molecule has 1 N–H and O–H groups in total. The summed E-state index contributed by atoms with van der Waals surface area (Å²) in [7, 11) is 3.77. The van der Waals surface area contributed by atoms with Crippen LogP contribution in [0.15, 0.2) is 46.8 Å². The van der Waals surface area contributed by atoms with Crippen molar-refractivity contribution in [1.29, 1.82) is 0 Å². The molecular weight excluding hydrogens is 557 g/mol. The lowest BCUT2D eigenvalue weighted by atomic mass is 9.97. The molecule has 8 nitrogen and oxygen atoms in total. The number of rotatable bonds is 10. The molecule has 0 aliphatic carbocycles. The number of thiazole rings is 1. The second-order valence-corrected chi connectivity index (χ2v) is 11.0. The van der Waals surface area contributed by atoms with Gasteiger partial charge in [-0.1, -0.05) is 13.0 Å². The van der Waals surface area contributed by atoms with Crippen molar-refractivity contribution in [2.75, 3.05) is 20.6 Å². The molecule has 0 aliphatic rings. The number of pyridine rings is 2. The number of aromatic nitrogens is 3. The summed E-state index contributed by atoms with van der Waals surface area (Å²) in [6, 6.07) is 6.31. The van der Waals surface area contributed by atoms with E-state index in [2.05, 4.69) is 9.97 Å². The van der Waals surface area contributed by atoms with Crippen LogP contribution in [0.5, 0.6) is 0 Å². The predicted octanol–water partition coefficient (Wildman–Crippen LogP) is 5.94. The van der Waals surface area contributed by atoms with Crippen molar-refractivity contribution < 1.29 is 27.9 Å². The van der Waals surface area contributed by atoms with Crippen LogP contribution in [0.2, 0.25) is 0 Å².